The first-order valence-corrected chi connectivity index (χ1v) is 7.02. The van der Waals surface area contributed by atoms with Gasteiger partial charge in [-0.15, -0.1) is 0 Å². The number of rotatable bonds is 2. The number of carbonyl (C=O) groups is 1. The molecule has 0 saturated heterocycles. The average molecular weight is 266 g/mol. The SMILES string of the molecule is CN(C(=O)c1cccnc1)C1CCCc2ccccc21. The van der Waals surface area contributed by atoms with Gasteiger partial charge in [0.15, 0.2) is 0 Å². The number of pyridine rings is 1. The molecular weight excluding hydrogens is 248 g/mol. The molecule has 0 saturated carbocycles. The standard InChI is InChI=1S/C17H18N2O/c1-19(17(20)14-8-5-11-18-12-14)16-10-4-7-13-6-2-3-9-15(13)16/h2-3,5-6,8-9,11-12,16H,4,7,10H2,1H3. The first-order chi connectivity index (χ1) is 9.77. The summed E-state index contributed by atoms with van der Waals surface area (Å²) in [6.45, 7) is 0. The number of hydrogen-bond donors (Lipinski definition) is 0. The maximum atomic E-state index is 12.5. The van der Waals surface area contributed by atoms with Crippen LogP contribution in [0.25, 0.3) is 0 Å². The third-order valence-electron chi connectivity index (χ3n) is 4.03. The molecule has 1 atom stereocenters. The second kappa shape index (κ2) is 5.45. The molecule has 0 radical (unpaired) electrons. The van der Waals surface area contributed by atoms with E-state index in [2.05, 4.69) is 29.2 Å². The Hall–Kier alpha value is -2.16. The minimum Gasteiger partial charge on any atom is -0.335 e. The summed E-state index contributed by atoms with van der Waals surface area (Å²) in [5.41, 5.74) is 3.31. The fourth-order valence-corrected chi connectivity index (χ4v) is 2.97. The van der Waals surface area contributed by atoms with Crippen LogP contribution in [0.2, 0.25) is 0 Å². The molecule has 0 fully saturated rings. The Bertz CT molecular complexity index is 609. The van der Waals surface area contributed by atoms with Crippen LogP contribution in [0.5, 0.6) is 0 Å². The summed E-state index contributed by atoms with van der Waals surface area (Å²) in [6.07, 6.45) is 6.59. The lowest BCUT2D eigenvalue weighted by atomic mass is 9.87. The van der Waals surface area contributed by atoms with Gasteiger partial charge in [0.2, 0.25) is 0 Å². The number of fused-ring (bicyclic) bond motifs is 1. The molecular formula is C17H18N2O. The largest absolute Gasteiger partial charge is 0.335 e. The molecule has 2 aromatic rings. The number of aromatic nitrogens is 1. The smallest absolute Gasteiger partial charge is 0.255 e. The third-order valence-corrected chi connectivity index (χ3v) is 4.03. The number of amides is 1. The van der Waals surface area contributed by atoms with E-state index in [0.29, 0.717) is 5.56 Å². The molecule has 0 aliphatic heterocycles. The zero-order valence-corrected chi connectivity index (χ0v) is 11.6. The van der Waals surface area contributed by atoms with Crippen molar-refractivity contribution in [2.45, 2.75) is 25.3 Å². The van der Waals surface area contributed by atoms with Gasteiger partial charge in [0, 0.05) is 19.4 Å². The van der Waals surface area contributed by atoms with Crippen molar-refractivity contribution in [2.24, 2.45) is 0 Å². The van der Waals surface area contributed by atoms with Gasteiger partial charge < -0.3 is 4.90 Å². The highest BCUT2D eigenvalue weighted by Gasteiger charge is 2.26. The molecule has 0 N–H and O–H groups in total. The van der Waals surface area contributed by atoms with Crippen molar-refractivity contribution in [1.82, 2.24) is 9.88 Å². The molecule has 1 aliphatic carbocycles. The molecule has 102 valence electrons. The van der Waals surface area contributed by atoms with Crippen molar-refractivity contribution in [2.75, 3.05) is 7.05 Å². The Morgan fingerprint density at radius 3 is 2.90 bits per heavy atom. The highest BCUT2D eigenvalue weighted by molar-refractivity contribution is 5.94. The Labute approximate surface area is 119 Å². The molecule has 0 bridgehead atoms. The summed E-state index contributed by atoms with van der Waals surface area (Å²) in [6, 6.07) is 12.2. The van der Waals surface area contributed by atoms with Crippen LogP contribution in [0.4, 0.5) is 0 Å². The second-order valence-corrected chi connectivity index (χ2v) is 5.26. The van der Waals surface area contributed by atoms with Crippen molar-refractivity contribution < 1.29 is 4.79 Å². The van der Waals surface area contributed by atoms with Crippen LogP contribution in [0.15, 0.2) is 48.8 Å². The molecule has 3 rings (SSSR count). The zero-order chi connectivity index (χ0) is 13.9. The van der Waals surface area contributed by atoms with Crippen LogP contribution in [-0.4, -0.2) is 22.8 Å². The van der Waals surface area contributed by atoms with E-state index in [1.807, 2.05) is 18.0 Å². The predicted molar refractivity (Wildman–Crippen MR) is 78.5 cm³/mol. The molecule has 20 heavy (non-hydrogen) atoms. The summed E-state index contributed by atoms with van der Waals surface area (Å²) in [5.74, 6) is 0.0415. The molecule has 3 heteroatoms. The van der Waals surface area contributed by atoms with Crippen LogP contribution >= 0.6 is 0 Å². The quantitative estimate of drug-likeness (QED) is 0.836. The van der Waals surface area contributed by atoms with E-state index in [0.717, 1.165) is 19.3 Å². The van der Waals surface area contributed by atoms with Crippen molar-refractivity contribution >= 4 is 5.91 Å². The Balaban J connectivity index is 1.89. The predicted octanol–water partition coefficient (Wildman–Crippen LogP) is 3.23. The van der Waals surface area contributed by atoms with Gasteiger partial charge in [-0.2, -0.15) is 0 Å². The minimum absolute atomic E-state index is 0.0415. The van der Waals surface area contributed by atoms with Crippen molar-refractivity contribution in [3.8, 4) is 0 Å². The van der Waals surface area contributed by atoms with Gasteiger partial charge in [0.25, 0.3) is 5.91 Å². The van der Waals surface area contributed by atoms with Gasteiger partial charge in [-0.25, -0.2) is 0 Å². The number of hydrogen-bond acceptors (Lipinski definition) is 2. The van der Waals surface area contributed by atoms with E-state index < -0.39 is 0 Å². The monoisotopic (exact) mass is 266 g/mol. The summed E-state index contributed by atoms with van der Waals surface area (Å²) in [4.78, 5) is 18.4. The molecule has 1 aliphatic rings. The normalized spacial score (nSPS) is 17.4. The third kappa shape index (κ3) is 2.31. The Morgan fingerprint density at radius 2 is 2.10 bits per heavy atom. The Kier molecular flexibility index (Phi) is 3.50. The van der Waals surface area contributed by atoms with Crippen LogP contribution in [0.3, 0.4) is 0 Å². The minimum atomic E-state index is 0.0415. The van der Waals surface area contributed by atoms with E-state index in [9.17, 15) is 4.79 Å². The molecule has 1 heterocycles. The van der Waals surface area contributed by atoms with E-state index in [-0.39, 0.29) is 11.9 Å². The first kappa shape index (κ1) is 12.9. The Morgan fingerprint density at radius 1 is 1.25 bits per heavy atom. The summed E-state index contributed by atoms with van der Waals surface area (Å²) in [5, 5.41) is 0. The number of benzene rings is 1. The van der Waals surface area contributed by atoms with Crippen molar-refractivity contribution in [3.05, 3.63) is 65.5 Å². The lowest BCUT2D eigenvalue weighted by Crippen LogP contribution is -2.33. The fraction of sp³-hybridized carbons (Fsp3) is 0.294. The summed E-state index contributed by atoms with van der Waals surface area (Å²) < 4.78 is 0. The van der Waals surface area contributed by atoms with Gasteiger partial charge in [-0.3, -0.25) is 9.78 Å². The number of nitrogens with zero attached hydrogens (tertiary/aromatic N) is 2. The highest BCUT2D eigenvalue weighted by atomic mass is 16.2. The van der Waals surface area contributed by atoms with Crippen molar-refractivity contribution in [3.63, 3.8) is 0 Å². The van der Waals surface area contributed by atoms with E-state index in [1.54, 1.807) is 18.5 Å². The van der Waals surface area contributed by atoms with Gasteiger partial charge >= 0.3 is 0 Å². The van der Waals surface area contributed by atoms with Gasteiger partial charge in [-0.05, 0) is 42.5 Å². The van der Waals surface area contributed by atoms with Crippen LogP contribution < -0.4 is 0 Å². The summed E-state index contributed by atoms with van der Waals surface area (Å²) >= 11 is 0. The fourth-order valence-electron chi connectivity index (χ4n) is 2.97. The van der Waals surface area contributed by atoms with Gasteiger partial charge in [0.05, 0.1) is 11.6 Å². The van der Waals surface area contributed by atoms with Crippen LogP contribution in [0.1, 0.15) is 40.4 Å². The van der Waals surface area contributed by atoms with E-state index >= 15 is 0 Å². The first-order valence-electron chi connectivity index (χ1n) is 7.02. The van der Waals surface area contributed by atoms with Gasteiger partial charge in [0.1, 0.15) is 0 Å². The molecule has 1 unspecified atom stereocenters. The lowest BCUT2D eigenvalue weighted by Gasteiger charge is -2.33. The maximum absolute atomic E-state index is 12.5. The average Bonchev–Trinajstić information content (AvgIpc) is 2.54. The van der Waals surface area contributed by atoms with Crippen molar-refractivity contribution in [1.29, 1.82) is 0 Å². The van der Waals surface area contributed by atoms with Gasteiger partial charge in [-0.1, -0.05) is 24.3 Å². The molecule has 1 aromatic carbocycles. The van der Waals surface area contributed by atoms with Crippen LogP contribution in [0, 0.1) is 0 Å². The molecule has 3 nitrogen and oxygen atoms in total. The van der Waals surface area contributed by atoms with E-state index in [4.69, 9.17) is 0 Å². The number of aryl methyl sites for hydroxylation is 1. The molecule has 0 spiro atoms. The highest BCUT2D eigenvalue weighted by Crippen LogP contribution is 2.33. The summed E-state index contributed by atoms with van der Waals surface area (Å²) in [7, 11) is 1.89. The maximum Gasteiger partial charge on any atom is 0.255 e. The topological polar surface area (TPSA) is 33.2 Å². The van der Waals surface area contributed by atoms with Crippen LogP contribution in [-0.2, 0) is 6.42 Å². The molecule has 1 aromatic heterocycles. The zero-order valence-electron chi connectivity index (χ0n) is 11.6. The lowest BCUT2D eigenvalue weighted by molar-refractivity contribution is 0.0714. The molecule has 1 amide bonds. The number of carbonyl (C=O) groups excluding carboxylic acids is 1. The second-order valence-electron chi connectivity index (χ2n) is 5.26. The van der Waals surface area contributed by atoms with E-state index in [1.165, 1.54) is 11.1 Å².